The van der Waals surface area contributed by atoms with Crippen LogP contribution in [0, 0.1) is 13.8 Å². The summed E-state index contributed by atoms with van der Waals surface area (Å²) >= 11 is 0. The van der Waals surface area contributed by atoms with Crippen LogP contribution >= 0.6 is 0 Å². The number of hydrogen-bond acceptors (Lipinski definition) is 3. The molecule has 0 fully saturated rings. The molecule has 2 aromatic heterocycles. The third kappa shape index (κ3) is 2.25. The Morgan fingerprint density at radius 3 is 2.78 bits per heavy atom. The summed E-state index contributed by atoms with van der Waals surface area (Å²) in [4.78, 5) is 26.8. The lowest BCUT2D eigenvalue weighted by Crippen LogP contribution is -2.22. The molecule has 5 nitrogen and oxygen atoms in total. The number of fused-ring (bicyclic) bond motifs is 1. The highest BCUT2D eigenvalue weighted by Crippen LogP contribution is 2.16. The molecule has 0 unspecified atom stereocenters. The Kier molecular flexibility index (Phi) is 3.14. The van der Waals surface area contributed by atoms with Gasteiger partial charge in [0.15, 0.2) is 0 Å². The number of carboxylic acid groups (broad SMARTS) is 1. The molecule has 0 aliphatic heterocycles. The number of aryl methyl sites for hydroxylation is 3. The fourth-order valence-corrected chi connectivity index (χ4v) is 2.01. The molecule has 5 heteroatoms. The lowest BCUT2D eigenvalue weighted by atomic mass is 10.1. The van der Waals surface area contributed by atoms with Gasteiger partial charge in [0.2, 0.25) is 0 Å². The third-order valence-corrected chi connectivity index (χ3v) is 2.84. The summed E-state index contributed by atoms with van der Waals surface area (Å²) in [5, 5.41) is 9.59. The van der Waals surface area contributed by atoms with E-state index in [1.54, 1.807) is 6.07 Å². The zero-order chi connectivity index (χ0) is 13.3. The highest BCUT2D eigenvalue weighted by atomic mass is 16.4. The van der Waals surface area contributed by atoms with Gasteiger partial charge < -0.3 is 5.11 Å². The Morgan fingerprint density at radius 1 is 1.39 bits per heavy atom. The van der Waals surface area contributed by atoms with Crippen molar-refractivity contribution in [3.05, 3.63) is 39.8 Å². The molecule has 2 aromatic rings. The number of rotatable bonds is 3. The topological polar surface area (TPSA) is 72.2 Å². The van der Waals surface area contributed by atoms with Crippen LogP contribution in [-0.2, 0) is 11.3 Å². The van der Waals surface area contributed by atoms with Crippen LogP contribution in [0.3, 0.4) is 0 Å². The summed E-state index contributed by atoms with van der Waals surface area (Å²) in [6.45, 7) is 3.94. The van der Waals surface area contributed by atoms with Gasteiger partial charge in [-0.2, -0.15) is 0 Å². The molecule has 0 spiro atoms. The highest BCUT2D eigenvalue weighted by molar-refractivity contribution is 5.79. The second-order valence-corrected chi connectivity index (χ2v) is 4.28. The molecule has 2 rings (SSSR count). The molecule has 0 aromatic carbocycles. The van der Waals surface area contributed by atoms with Crippen molar-refractivity contribution in [2.75, 3.05) is 0 Å². The maximum Gasteiger partial charge on any atom is 0.305 e. The van der Waals surface area contributed by atoms with E-state index in [1.165, 1.54) is 10.6 Å². The van der Waals surface area contributed by atoms with E-state index in [-0.39, 0.29) is 18.5 Å². The summed E-state index contributed by atoms with van der Waals surface area (Å²) in [6, 6.07) is 5.12. The summed E-state index contributed by atoms with van der Waals surface area (Å²) in [5.74, 6) is -0.928. The van der Waals surface area contributed by atoms with E-state index >= 15 is 0 Å². The van der Waals surface area contributed by atoms with Gasteiger partial charge in [0, 0.05) is 23.7 Å². The van der Waals surface area contributed by atoms with Gasteiger partial charge in [-0.25, -0.2) is 4.98 Å². The second-order valence-electron chi connectivity index (χ2n) is 4.28. The van der Waals surface area contributed by atoms with Crippen molar-refractivity contribution >= 4 is 17.0 Å². The fraction of sp³-hybridized carbons (Fsp3) is 0.308. The van der Waals surface area contributed by atoms with Crippen molar-refractivity contribution in [1.29, 1.82) is 0 Å². The first-order valence-corrected chi connectivity index (χ1v) is 5.68. The van der Waals surface area contributed by atoms with E-state index in [2.05, 4.69) is 4.98 Å². The molecule has 18 heavy (non-hydrogen) atoms. The van der Waals surface area contributed by atoms with Gasteiger partial charge in [0.05, 0.1) is 6.42 Å². The number of nitrogens with zero attached hydrogens (tertiary/aromatic N) is 2. The number of hydrogen-bond donors (Lipinski definition) is 1. The molecule has 0 radical (unpaired) electrons. The van der Waals surface area contributed by atoms with E-state index in [0.717, 1.165) is 16.6 Å². The summed E-state index contributed by atoms with van der Waals surface area (Å²) in [6.07, 6.45) is -0.0896. The second kappa shape index (κ2) is 4.60. The number of pyridine rings is 2. The minimum Gasteiger partial charge on any atom is -0.481 e. The standard InChI is InChI=1S/C13H14N2O3/c1-8-7-9(2)14-13-10(8)3-4-11(16)15(13)6-5-12(17)18/h3-4,7H,5-6H2,1-2H3,(H,17,18). The van der Waals surface area contributed by atoms with Gasteiger partial charge in [-0.3, -0.25) is 14.2 Å². The van der Waals surface area contributed by atoms with Crippen LogP contribution in [0.15, 0.2) is 23.0 Å². The van der Waals surface area contributed by atoms with Gasteiger partial charge >= 0.3 is 5.97 Å². The fourth-order valence-electron chi connectivity index (χ4n) is 2.01. The highest BCUT2D eigenvalue weighted by Gasteiger charge is 2.08. The molecular formula is C13H14N2O3. The van der Waals surface area contributed by atoms with Crippen molar-refractivity contribution in [2.24, 2.45) is 0 Å². The first-order chi connectivity index (χ1) is 8.49. The van der Waals surface area contributed by atoms with Crippen molar-refractivity contribution in [2.45, 2.75) is 26.8 Å². The van der Waals surface area contributed by atoms with Crippen LogP contribution in [0.2, 0.25) is 0 Å². The van der Waals surface area contributed by atoms with Crippen molar-refractivity contribution in [3.8, 4) is 0 Å². The third-order valence-electron chi connectivity index (χ3n) is 2.84. The van der Waals surface area contributed by atoms with Crippen LogP contribution in [0.1, 0.15) is 17.7 Å². The summed E-state index contributed by atoms with van der Waals surface area (Å²) in [7, 11) is 0. The Balaban J connectivity index is 2.66. The maximum atomic E-state index is 11.8. The lowest BCUT2D eigenvalue weighted by molar-refractivity contribution is -0.137. The minimum absolute atomic E-state index is 0.0896. The van der Waals surface area contributed by atoms with Crippen molar-refractivity contribution < 1.29 is 9.90 Å². The predicted molar refractivity (Wildman–Crippen MR) is 67.7 cm³/mol. The van der Waals surface area contributed by atoms with Gasteiger partial charge in [0.1, 0.15) is 5.65 Å². The van der Waals surface area contributed by atoms with Crippen LogP contribution in [0.5, 0.6) is 0 Å². The Labute approximate surface area is 104 Å². The normalized spacial score (nSPS) is 10.8. The van der Waals surface area contributed by atoms with E-state index < -0.39 is 5.97 Å². The van der Waals surface area contributed by atoms with Gasteiger partial charge in [-0.05, 0) is 31.5 Å². The number of aliphatic carboxylic acids is 1. The molecule has 0 bridgehead atoms. The van der Waals surface area contributed by atoms with Crippen LogP contribution < -0.4 is 5.56 Å². The number of aromatic nitrogens is 2. The van der Waals surface area contributed by atoms with E-state index in [9.17, 15) is 9.59 Å². The molecule has 94 valence electrons. The van der Waals surface area contributed by atoms with Gasteiger partial charge in [0.25, 0.3) is 5.56 Å². The summed E-state index contributed by atoms with van der Waals surface area (Å²) in [5.41, 5.74) is 2.18. The van der Waals surface area contributed by atoms with Gasteiger partial charge in [-0.1, -0.05) is 0 Å². The average Bonchev–Trinajstić information content (AvgIpc) is 2.26. The SMILES string of the molecule is Cc1cc(C)c2ccc(=O)n(CCC(=O)O)c2n1. The summed E-state index contributed by atoms with van der Waals surface area (Å²) < 4.78 is 1.42. The van der Waals surface area contributed by atoms with E-state index in [4.69, 9.17) is 5.11 Å². The predicted octanol–water partition coefficient (Wildman–Crippen LogP) is 1.49. The first-order valence-electron chi connectivity index (χ1n) is 5.68. The van der Waals surface area contributed by atoms with Crippen LogP contribution in [-0.4, -0.2) is 20.6 Å². The molecular weight excluding hydrogens is 232 g/mol. The monoisotopic (exact) mass is 246 g/mol. The quantitative estimate of drug-likeness (QED) is 0.890. The number of carboxylic acids is 1. The van der Waals surface area contributed by atoms with Crippen LogP contribution in [0.25, 0.3) is 11.0 Å². The zero-order valence-electron chi connectivity index (χ0n) is 10.3. The zero-order valence-corrected chi connectivity index (χ0v) is 10.3. The molecule has 0 aliphatic carbocycles. The van der Waals surface area contributed by atoms with Crippen LogP contribution in [0.4, 0.5) is 0 Å². The Hall–Kier alpha value is -2.17. The lowest BCUT2D eigenvalue weighted by Gasteiger charge is -2.10. The molecule has 2 heterocycles. The Bertz CT molecular complexity index is 674. The minimum atomic E-state index is -0.928. The Morgan fingerprint density at radius 2 is 2.11 bits per heavy atom. The van der Waals surface area contributed by atoms with E-state index in [1.807, 2.05) is 19.9 Å². The van der Waals surface area contributed by atoms with E-state index in [0.29, 0.717) is 5.65 Å². The van der Waals surface area contributed by atoms with Gasteiger partial charge in [-0.15, -0.1) is 0 Å². The molecule has 0 saturated carbocycles. The largest absolute Gasteiger partial charge is 0.481 e. The smallest absolute Gasteiger partial charge is 0.305 e. The number of carbonyl (C=O) groups is 1. The van der Waals surface area contributed by atoms with Crippen molar-refractivity contribution in [1.82, 2.24) is 9.55 Å². The maximum absolute atomic E-state index is 11.8. The molecule has 0 atom stereocenters. The molecule has 0 aliphatic rings. The van der Waals surface area contributed by atoms with Crippen molar-refractivity contribution in [3.63, 3.8) is 0 Å². The molecule has 0 saturated heterocycles. The average molecular weight is 246 g/mol. The molecule has 1 N–H and O–H groups in total. The first kappa shape index (κ1) is 12.3. The molecule has 0 amide bonds.